The summed E-state index contributed by atoms with van der Waals surface area (Å²) in [4.78, 5) is 0. The summed E-state index contributed by atoms with van der Waals surface area (Å²) in [5.74, 6) is 0.814. The van der Waals surface area contributed by atoms with Crippen molar-refractivity contribution in [1.82, 2.24) is 0 Å². The van der Waals surface area contributed by atoms with Crippen LogP contribution >= 0.6 is 0 Å². The van der Waals surface area contributed by atoms with Crippen molar-refractivity contribution in [3.8, 4) is 11.8 Å². The van der Waals surface area contributed by atoms with Crippen LogP contribution < -0.4 is 4.74 Å². The minimum Gasteiger partial charge on any atom is -0.492 e. The van der Waals surface area contributed by atoms with Gasteiger partial charge >= 0.3 is 0 Å². The predicted molar refractivity (Wildman–Crippen MR) is 69.1 cm³/mol. The number of ether oxygens (including phenoxy) is 1. The molecular weight excluding hydrogens is 226 g/mol. The van der Waals surface area contributed by atoms with E-state index in [1.54, 1.807) is 6.92 Å². The van der Waals surface area contributed by atoms with Crippen LogP contribution in [0.2, 0.25) is 0 Å². The summed E-state index contributed by atoms with van der Waals surface area (Å²) >= 11 is 0. The first-order valence-electron chi connectivity index (χ1n) is 6.27. The Morgan fingerprint density at radius 1 is 1.44 bits per heavy atom. The predicted octanol–water partition coefficient (Wildman–Crippen LogP) is 2.54. The summed E-state index contributed by atoms with van der Waals surface area (Å²) in [5.41, 5.74) is -0.962. The standard InChI is InChI=1S/C15H19NO2/c1-11(2)14(3,17)15(9-16)8-12-6-4-5-7-13(12)18-10-15/h4-7,11,17H,8,10H2,1-3H3. The molecule has 1 aliphatic heterocycles. The molecule has 0 spiro atoms. The second kappa shape index (κ2) is 4.29. The number of nitrogens with zero attached hydrogens (tertiary/aromatic N) is 1. The van der Waals surface area contributed by atoms with Crippen LogP contribution in [0.5, 0.6) is 5.75 Å². The summed E-state index contributed by atoms with van der Waals surface area (Å²) in [5, 5.41) is 20.3. The molecule has 0 aromatic heterocycles. The summed E-state index contributed by atoms with van der Waals surface area (Å²) in [6.45, 7) is 5.84. The fourth-order valence-electron chi connectivity index (χ4n) is 2.43. The van der Waals surface area contributed by atoms with Crippen LogP contribution in [0, 0.1) is 22.7 Å². The van der Waals surface area contributed by atoms with Crippen LogP contribution in [0.4, 0.5) is 0 Å². The van der Waals surface area contributed by atoms with Gasteiger partial charge in [-0.15, -0.1) is 0 Å². The Labute approximate surface area is 108 Å². The molecule has 2 rings (SSSR count). The Morgan fingerprint density at radius 2 is 2.11 bits per heavy atom. The van der Waals surface area contributed by atoms with E-state index in [2.05, 4.69) is 6.07 Å². The topological polar surface area (TPSA) is 53.2 Å². The Bertz CT molecular complexity index is 488. The number of hydrogen-bond donors (Lipinski definition) is 1. The Hall–Kier alpha value is -1.53. The highest BCUT2D eigenvalue weighted by molar-refractivity contribution is 5.38. The molecule has 18 heavy (non-hydrogen) atoms. The first-order chi connectivity index (χ1) is 8.43. The highest BCUT2D eigenvalue weighted by atomic mass is 16.5. The van der Waals surface area contributed by atoms with Crippen molar-refractivity contribution in [3.05, 3.63) is 29.8 Å². The van der Waals surface area contributed by atoms with Gasteiger partial charge in [-0.1, -0.05) is 32.0 Å². The van der Waals surface area contributed by atoms with Gasteiger partial charge in [0.05, 0.1) is 11.7 Å². The van der Waals surface area contributed by atoms with Gasteiger partial charge in [0.15, 0.2) is 0 Å². The van der Waals surface area contributed by atoms with Gasteiger partial charge in [0.25, 0.3) is 0 Å². The van der Waals surface area contributed by atoms with E-state index in [9.17, 15) is 10.4 Å². The minimum atomic E-state index is -1.07. The molecule has 0 aliphatic carbocycles. The normalized spacial score (nSPS) is 25.8. The van der Waals surface area contributed by atoms with Crippen molar-refractivity contribution in [1.29, 1.82) is 5.26 Å². The molecule has 1 aromatic carbocycles. The molecule has 1 N–H and O–H groups in total. The van der Waals surface area contributed by atoms with Crippen LogP contribution in [-0.4, -0.2) is 17.3 Å². The number of nitriles is 1. The largest absolute Gasteiger partial charge is 0.492 e. The van der Waals surface area contributed by atoms with Gasteiger partial charge in [-0.25, -0.2) is 0 Å². The third-order valence-electron chi connectivity index (χ3n) is 4.25. The van der Waals surface area contributed by atoms with Gasteiger partial charge in [0.1, 0.15) is 17.8 Å². The summed E-state index contributed by atoms with van der Waals surface area (Å²) in [6, 6.07) is 10.0. The average Bonchev–Trinajstić information content (AvgIpc) is 2.37. The quantitative estimate of drug-likeness (QED) is 0.871. The maximum absolute atomic E-state index is 10.7. The third-order valence-corrected chi connectivity index (χ3v) is 4.25. The number of benzene rings is 1. The van der Waals surface area contributed by atoms with Crippen molar-refractivity contribution in [2.45, 2.75) is 32.8 Å². The second-order valence-corrected chi connectivity index (χ2v) is 5.57. The van der Waals surface area contributed by atoms with Crippen LogP contribution in [0.3, 0.4) is 0 Å². The van der Waals surface area contributed by atoms with Gasteiger partial charge in [0, 0.05) is 6.42 Å². The highest BCUT2D eigenvalue weighted by Gasteiger charge is 2.52. The van der Waals surface area contributed by atoms with Crippen LogP contribution in [0.1, 0.15) is 26.3 Å². The number of para-hydroxylation sites is 1. The fourth-order valence-corrected chi connectivity index (χ4v) is 2.43. The molecule has 3 nitrogen and oxygen atoms in total. The highest BCUT2D eigenvalue weighted by Crippen LogP contribution is 2.44. The lowest BCUT2D eigenvalue weighted by Gasteiger charge is -2.45. The lowest BCUT2D eigenvalue weighted by Crippen LogP contribution is -2.55. The molecule has 1 aromatic rings. The molecule has 0 amide bonds. The molecule has 1 heterocycles. The summed E-state index contributed by atoms with van der Waals surface area (Å²) in [6.07, 6.45) is 0.533. The van der Waals surface area contributed by atoms with Crippen molar-refractivity contribution >= 4 is 0 Å². The Kier molecular flexibility index (Phi) is 3.08. The lowest BCUT2D eigenvalue weighted by atomic mass is 9.65. The zero-order chi connectivity index (χ0) is 13.4. The van der Waals surface area contributed by atoms with Crippen LogP contribution in [0.15, 0.2) is 24.3 Å². The average molecular weight is 245 g/mol. The van der Waals surface area contributed by atoms with Gasteiger partial charge in [-0.05, 0) is 24.5 Å². The summed E-state index contributed by atoms with van der Waals surface area (Å²) in [7, 11) is 0. The van der Waals surface area contributed by atoms with E-state index in [0.717, 1.165) is 11.3 Å². The van der Waals surface area contributed by atoms with E-state index in [0.29, 0.717) is 6.42 Å². The molecule has 0 fully saturated rings. The van der Waals surface area contributed by atoms with Gasteiger partial charge in [0.2, 0.25) is 0 Å². The molecule has 0 bridgehead atoms. The second-order valence-electron chi connectivity index (χ2n) is 5.57. The number of hydrogen-bond acceptors (Lipinski definition) is 3. The van der Waals surface area contributed by atoms with Crippen LogP contribution in [0.25, 0.3) is 0 Å². The van der Waals surface area contributed by atoms with E-state index in [-0.39, 0.29) is 12.5 Å². The van der Waals surface area contributed by atoms with E-state index >= 15 is 0 Å². The Balaban J connectivity index is 2.42. The van der Waals surface area contributed by atoms with E-state index in [1.807, 2.05) is 38.1 Å². The van der Waals surface area contributed by atoms with E-state index in [4.69, 9.17) is 4.74 Å². The maximum atomic E-state index is 10.7. The van der Waals surface area contributed by atoms with E-state index in [1.165, 1.54) is 0 Å². The summed E-state index contributed by atoms with van der Waals surface area (Å²) < 4.78 is 5.68. The van der Waals surface area contributed by atoms with Gasteiger partial charge in [-0.3, -0.25) is 0 Å². The minimum absolute atomic E-state index is 0.00832. The molecule has 0 saturated carbocycles. The Morgan fingerprint density at radius 3 is 2.72 bits per heavy atom. The number of rotatable bonds is 2. The lowest BCUT2D eigenvalue weighted by molar-refractivity contribution is -0.0981. The first kappa shape index (κ1) is 12.9. The SMILES string of the molecule is CC(C)C(C)(O)C1(C#N)COc2ccccc2C1. The van der Waals surface area contributed by atoms with Crippen molar-refractivity contribution < 1.29 is 9.84 Å². The molecule has 0 saturated heterocycles. The number of fused-ring (bicyclic) bond motifs is 1. The molecule has 2 unspecified atom stereocenters. The molecular formula is C15H19NO2. The third kappa shape index (κ3) is 1.77. The molecule has 2 atom stereocenters. The monoisotopic (exact) mass is 245 g/mol. The van der Waals surface area contributed by atoms with Crippen LogP contribution in [-0.2, 0) is 6.42 Å². The maximum Gasteiger partial charge on any atom is 0.124 e. The van der Waals surface area contributed by atoms with Gasteiger partial charge < -0.3 is 9.84 Å². The van der Waals surface area contributed by atoms with Crippen molar-refractivity contribution in [2.75, 3.05) is 6.61 Å². The van der Waals surface area contributed by atoms with Gasteiger partial charge in [-0.2, -0.15) is 5.26 Å². The molecule has 1 aliphatic rings. The molecule has 96 valence electrons. The zero-order valence-corrected chi connectivity index (χ0v) is 11.1. The smallest absolute Gasteiger partial charge is 0.124 e. The zero-order valence-electron chi connectivity index (χ0n) is 11.1. The van der Waals surface area contributed by atoms with Crippen molar-refractivity contribution in [2.24, 2.45) is 11.3 Å². The first-order valence-corrected chi connectivity index (χ1v) is 6.27. The fraction of sp³-hybridized carbons (Fsp3) is 0.533. The molecule has 0 radical (unpaired) electrons. The van der Waals surface area contributed by atoms with Crippen molar-refractivity contribution in [3.63, 3.8) is 0 Å². The molecule has 3 heteroatoms. The van der Waals surface area contributed by atoms with E-state index < -0.39 is 11.0 Å². The number of aliphatic hydroxyl groups is 1.